The van der Waals surface area contributed by atoms with Crippen LogP contribution >= 0.6 is 15.9 Å². The molecule has 3 heterocycles. The number of rotatable bonds is 2. The number of likely N-dealkylation sites (tertiary alicyclic amines) is 1. The zero-order valence-electron chi connectivity index (χ0n) is 13.3. The van der Waals surface area contributed by atoms with Gasteiger partial charge in [-0.25, -0.2) is 4.98 Å². The molecule has 1 N–H and O–H groups in total. The third kappa shape index (κ3) is 2.74. The van der Waals surface area contributed by atoms with Gasteiger partial charge in [0.15, 0.2) is 0 Å². The second-order valence-corrected chi connectivity index (χ2v) is 7.11. The highest BCUT2D eigenvalue weighted by Gasteiger charge is 2.17. The van der Waals surface area contributed by atoms with Crippen LogP contribution in [0.25, 0.3) is 21.9 Å². The Morgan fingerprint density at radius 3 is 2.88 bits per heavy atom. The van der Waals surface area contributed by atoms with Gasteiger partial charge in [-0.05, 0) is 67.1 Å². The molecule has 0 unspecified atom stereocenters. The maximum Gasteiger partial charge on any atom is 0.204 e. The number of aromatic nitrogens is 1. The maximum atomic E-state index is 9.02. The monoisotopic (exact) mass is 384 g/mol. The molecule has 1 aliphatic rings. The molecule has 1 aromatic carbocycles. The maximum absolute atomic E-state index is 9.02. The van der Waals surface area contributed by atoms with E-state index in [1.165, 1.54) is 0 Å². The molecule has 1 aliphatic heterocycles. The van der Waals surface area contributed by atoms with Crippen molar-refractivity contribution in [2.24, 2.45) is 0 Å². The van der Waals surface area contributed by atoms with Gasteiger partial charge in [-0.3, -0.25) is 0 Å². The number of halogens is 1. The number of hydrogen-bond donors (Lipinski definition) is 1. The molecule has 24 heavy (non-hydrogen) atoms. The van der Waals surface area contributed by atoms with Crippen molar-refractivity contribution in [2.75, 3.05) is 25.5 Å². The smallest absolute Gasteiger partial charge is 0.204 e. The summed E-state index contributed by atoms with van der Waals surface area (Å²) in [6.07, 6.45) is 2.26. The molecule has 5 nitrogen and oxygen atoms in total. The molecule has 6 heteroatoms. The Bertz CT molecular complexity index is 951. The van der Waals surface area contributed by atoms with Gasteiger partial charge in [0.25, 0.3) is 0 Å². The van der Waals surface area contributed by atoms with Crippen molar-refractivity contribution in [2.45, 2.75) is 18.9 Å². The van der Waals surface area contributed by atoms with E-state index in [-0.39, 0.29) is 0 Å². The lowest BCUT2D eigenvalue weighted by Crippen LogP contribution is -2.36. The highest BCUT2D eigenvalue weighted by Crippen LogP contribution is 2.34. The Balaban J connectivity index is 1.70. The van der Waals surface area contributed by atoms with E-state index in [1.54, 1.807) is 6.07 Å². The van der Waals surface area contributed by atoms with Crippen molar-refractivity contribution < 1.29 is 4.42 Å². The topological polar surface area (TPSA) is 65.1 Å². The Labute approximate surface area is 148 Å². The highest BCUT2D eigenvalue weighted by molar-refractivity contribution is 9.10. The van der Waals surface area contributed by atoms with E-state index in [0.29, 0.717) is 17.4 Å². The Morgan fingerprint density at radius 2 is 2.12 bits per heavy atom. The first-order chi connectivity index (χ1) is 11.6. The summed E-state index contributed by atoms with van der Waals surface area (Å²) in [4.78, 5) is 7.13. The van der Waals surface area contributed by atoms with Crippen molar-refractivity contribution in [1.82, 2.24) is 9.88 Å². The summed E-state index contributed by atoms with van der Waals surface area (Å²) in [6, 6.07) is 10.2. The van der Waals surface area contributed by atoms with Gasteiger partial charge in [-0.15, -0.1) is 0 Å². The third-order valence-corrected chi connectivity index (χ3v) is 5.40. The van der Waals surface area contributed by atoms with Gasteiger partial charge in [-0.2, -0.15) is 5.26 Å². The molecule has 2 aromatic heterocycles. The van der Waals surface area contributed by atoms with Crippen LogP contribution in [0.3, 0.4) is 0 Å². The van der Waals surface area contributed by atoms with Gasteiger partial charge in [0.2, 0.25) is 5.76 Å². The van der Waals surface area contributed by atoms with Gasteiger partial charge < -0.3 is 14.6 Å². The summed E-state index contributed by atoms with van der Waals surface area (Å²) in [5.41, 5.74) is 1.58. The summed E-state index contributed by atoms with van der Waals surface area (Å²) in [5.74, 6) is 1.20. The Morgan fingerprint density at radius 1 is 1.33 bits per heavy atom. The van der Waals surface area contributed by atoms with E-state index in [4.69, 9.17) is 14.7 Å². The molecule has 0 spiro atoms. The molecule has 0 bridgehead atoms. The first-order valence-electron chi connectivity index (χ1n) is 8.02. The molecular formula is C18H17BrN4O. The van der Waals surface area contributed by atoms with E-state index in [9.17, 15) is 0 Å². The number of nitrogens with one attached hydrogen (secondary N) is 1. The minimum absolute atomic E-state index is 0.311. The van der Waals surface area contributed by atoms with Crippen LogP contribution in [-0.4, -0.2) is 36.1 Å². The summed E-state index contributed by atoms with van der Waals surface area (Å²) in [7, 11) is 2.16. The predicted octanol–water partition coefficient (Wildman–Crippen LogP) is 4.12. The van der Waals surface area contributed by atoms with Crippen LogP contribution in [0.15, 0.2) is 33.2 Å². The SMILES string of the molecule is CN1CCC(Nc2ccc3cc4oc(C#N)cc4c(Br)c3n2)CC1. The third-order valence-electron chi connectivity index (χ3n) is 4.60. The van der Waals surface area contributed by atoms with Crippen molar-refractivity contribution in [3.05, 3.63) is 34.5 Å². The number of pyridine rings is 1. The molecule has 1 saturated heterocycles. The molecule has 1 fully saturated rings. The molecule has 122 valence electrons. The fraction of sp³-hybridized carbons (Fsp3) is 0.333. The molecule has 0 amide bonds. The molecule has 0 aliphatic carbocycles. The number of furan rings is 1. The quantitative estimate of drug-likeness (QED) is 0.719. The first-order valence-corrected chi connectivity index (χ1v) is 8.81. The number of nitriles is 1. The zero-order valence-corrected chi connectivity index (χ0v) is 14.9. The number of nitrogens with zero attached hydrogens (tertiary/aromatic N) is 3. The Kier molecular flexibility index (Phi) is 3.91. The second kappa shape index (κ2) is 6.08. The van der Waals surface area contributed by atoms with Crippen molar-refractivity contribution >= 4 is 43.6 Å². The van der Waals surface area contributed by atoms with Crippen LogP contribution in [0.4, 0.5) is 5.82 Å². The molecule has 0 radical (unpaired) electrons. The van der Waals surface area contributed by atoms with Crippen LogP contribution < -0.4 is 5.32 Å². The van der Waals surface area contributed by atoms with Crippen LogP contribution in [0.5, 0.6) is 0 Å². The zero-order chi connectivity index (χ0) is 16.7. The summed E-state index contributed by atoms with van der Waals surface area (Å²) in [5, 5.41) is 14.4. The lowest BCUT2D eigenvalue weighted by atomic mass is 10.1. The second-order valence-electron chi connectivity index (χ2n) is 6.31. The standard InChI is InChI=1S/C18H17BrN4O/c1-23-6-4-12(5-7-23)21-16-3-2-11-8-15-14(9-13(10-20)24-15)17(19)18(11)22-16/h2-3,8-9,12H,4-7H2,1H3,(H,21,22). The highest BCUT2D eigenvalue weighted by atomic mass is 79.9. The van der Waals surface area contributed by atoms with E-state index in [1.807, 2.05) is 24.3 Å². The van der Waals surface area contributed by atoms with E-state index >= 15 is 0 Å². The van der Waals surface area contributed by atoms with Gasteiger partial charge in [-0.1, -0.05) is 0 Å². The summed E-state index contributed by atoms with van der Waals surface area (Å²) in [6.45, 7) is 2.23. The van der Waals surface area contributed by atoms with Gasteiger partial charge in [0.1, 0.15) is 17.5 Å². The van der Waals surface area contributed by atoms with Gasteiger partial charge in [0, 0.05) is 22.9 Å². The first kappa shape index (κ1) is 15.4. The molecule has 0 saturated carbocycles. The van der Waals surface area contributed by atoms with E-state index < -0.39 is 0 Å². The number of benzene rings is 1. The molecule has 3 aromatic rings. The summed E-state index contributed by atoms with van der Waals surface area (Å²) < 4.78 is 6.40. The van der Waals surface area contributed by atoms with Crippen LogP contribution in [0.2, 0.25) is 0 Å². The van der Waals surface area contributed by atoms with Crippen LogP contribution in [0.1, 0.15) is 18.6 Å². The Hall–Kier alpha value is -2.10. The molecule has 4 rings (SSSR count). The molecule has 0 atom stereocenters. The van der Waals surface area contributed by atoms with Crippen molar-refractivity contribution in [1.29, 1.82) is 5.26 Å². The van der Waals surface area contributed by atoms with Crippen LogP contribution in [0, 0.1) is 11.3 Å². The minimum atomic E-state index is 0.311. The normalized spacial score (nSPS) is 16.5. The van der Waals surface area contributed by atoms with Crippen molar-refractivity contribution in [3.8, 4) is 6.07 Å². The van der Waals surface area contributed by atoms with E-state index in [0.717, 1.165) is 52.5 Å². The average Bonchev–Trinajstić information content (AvgIpc) is 3.01. The van der Waals surface area contributed by atoms with Gasteiger partial charge >= 0.3 is 0 Å². The fourth-order valence-corrected chi connectivity index (χ4v) is 3.84. The van der Waals surface area contributed by atoms with Crippen LogP contribution in [-0.2, 0) is 0 Å². The number of fused-ring (bicyclic) bond motifs is 2. The number of anilines is 1. The summed E-state index contributed by atoms with van der Waals surface area (Å²) >= 11 is 3.63. The lowest BCUT2D eigenvalue weighted by Gasteiger charge is -2.29. The van der Waals surface area contributed by atoms with Crippen molar-refractivity contribution in [3.63, 3.8) is 0 Å². The largest absolute Gasteiger partial charge is 0.446 e. The molecular weight excluding hydrogens is 368 g/mol. The fourth-order valence-electron chi connectivity index (χ4n) is 3.21. The minimum Gasteiger partial charge on any atom is -0.446 e. The number of piperidine rings is 1. The number of hydrogen-bond acceptors (Lipinski definition) is 5. The average molecular weight is 385 g/mol. The lowest BCUT2D eigenvalue weighted by molar-refractivity contribution is 0.263. The van der Waals surface area contributed by atoms with Gasteiger partial charge in [0.05, 0.1) is 9.99 Å². The van der Waals surface area contributed by atoms with E-state index in [2.05, 4.69) is 33.2 Å². The predicted molar refractivity (Wildman–Crippen MR) is 98.1 cm³/mol.